The van der Waals surface area contributed by atoms with Crippen LogP contribution in [0.25, 0.3) is 77.9 Å². The van der Waals surface area contributed by atoms with Gasteiger partial charge >= 0.3 is 0 Å². The second-order valence-corrected chi connectivity index (χ2v) is 12.8. The molecule has 0 N–H and O–H groups in total. The molecule has 1 aliphatic heterocycles. The summed E-state index contributed by atoms with van der Waals surface area (Å²) in [7, 11) is 0. The first-order valence-electron chi connectivity index (χ1n) is 17.0. The third kappa shape index (κ3) is 6.23. The van der Waals surface area contributed by atoms with Gasteiger partial charge in [0.05, 0.1) is 13.2 Å². The molecule has 5 heterocycles. The van der Waals surface area contributed by atoms with Crippen molar-refractivity contribution < 1.29 is 4.74 Å². The summed E-state index contributed by atoms with van der Waals surface area (Å²) >= 11 is 0. The first-order chi connectivity index (χ1) is 25.2. The van der Waals surface area contributed by atoms with Crippen molar-refractivity contribution in [2.24, 2.45) is 0 Å². The van der Waals surface area contributed by atoms with Gasteiger partial charge in [-0.3, -0.25) is 19.9 Å². The van der Waals surface area contributed by atoms with Crippen molar-refractivity contribution in [2.45, 2.75) is 13.2 Å². The van der Waals surface area contributed by atoms with Crippen LogP contribution in [0.3, 0.4) is 0 Å². The molecule has 4 aromatic heterocycles. The van der Waals surface area contributed by atoms with Crippen LogP contribution in [-0.2, 0) is 18.0 Å². The number of aromatic nitrogens is 4. The highest BCUT2D eigenvalue weighted by atomic mass is 16.5. The van der Waals surface area contributed by atoms with Gasteiger partial charge in [0.15, 0.2) is 0 Å². The van der Waals surface area contributed by atoms with Crippen LogP contribution in [0.2, 0.25) is 0 Å². The number of hydrogen-bond acceptors (Lipinski definition) is 5. The lowest BCUT2D eigenvalue weighted by atomic mass is 9.88. The largest absolute Gasteiger partial charge is 0.372 e. The summed E-state index contributed by atoms with van der Waals surface area (Å²) in [6, 6.07) is 43.3. The van der Waals surface area contributed by atoms with Crippen LogP contribution in [0.15, 0.2) is 171 Å². The third-order valence-electron chi connectivity index (χ3n) is 9.53. The second kappa shape index (κ2) is 13.4. The van der Waals surface area contributed by atoms with Crippen molar-refractivity contribution in [2.75, 3.05) is 0 Å². The standard InChI is InChI=1S/C46H32N4O/c1-5-33(25-47-13-1)40-18-38(19-41(22-40)34-6-2-14-48-26-34)31-11-12-45-44(17-31)30-51-29-37-10-9-32(24-46(37)45)39-20-42(35-7-3-15-49-27-35)23-43(21-39)36-8-4-16-50-28-36/h1-28H,29-30H2. The minimum Gasteiger partial charge on any atom is -0.372 e. The Morgan fingerprint density at radius 1 is 0.314 bits per heavy atom. The van der Waals surface area contributed by atoms with Crippen molar-refractivity contribution in [3.63, 3.8) is 0 Å². The number of nitrogens with zero attached hydrogens (tertiary/aromatic N) is 4. The molecule has 1 aliphatic rings. The lowest BCUT2D eigenvalue weighted by Gasteiger charge is -2.15. The Morgan fingerprint density at radius 2 is 0.706 bits per heavy atom. The van der Waals surface area contributed by atoms with Crippen LogP contribution in [0.5, 0.6) is 0 Å². The Labute approximate surface area is 297 Å². The van der Waals surface area contributed by atoms with Crippen molar-refractivity contribution in [3.8, 4) is 77.9 Å². The van der Waals surface area contributed by atoms with Gasteiger partial charge in [0.25, 0.3) is 0 Å². The molecule has 0 bridgehead atoms. The van der Waals surface area contributed by atoms with Gasteiger partial charge < -0.3 is 4.74 Å². The minimum atomic E-state index is 0.534. The fraction of sp³-hybridized carbons (Fsp3) is 0.0435. The fourth-order valence-electron chi connectivity index (χ4n) is 6.95. The lowest BCUT2D eigenvalue weighted by Crippen LogP contribution is -1.92. The fourth-order valence-corrected chi connectivity index (χ4v) is 6.95. The molecule has 0 amide bonds. The Bertz CT molecular complexity index is 2370. The normalized spacial score (nSPS) is 12.1. The average Bonchev–Trinajstić information content (AvgIpc) is 3.40. The smallest absolute Gasteiger partial charge is 0.0727 e. The Hall–Kier alpha value is -6.56. The molecule has 0 saturated heterocycles. The highest BCUT2D eigenvalue weighted by Gasteiger charge is 2.18. The minimum absolute atomic E-state index is 0.534. The SMILES string of the molecule is c1cncc(-c2cc(-c3cccnc3)cc(-c3ccc4c(c3)COCc3ccc(-c5cc(-c6cccnc6)cc(-c6cccnc6)c5)cc3-4)c2)c1. The van der Waals surface area contributed by atoms with E-state index in [1.165, 1.54) is 22.3 Å². The maximum absolute atomic E-state index is 6.29. The average molecular weight is 657 g/mol. The van der Waals surface area contributed by atoms with E-state index >= 15 is 0 Å². The van der Waals surface area contributed by atoms with Crippen LogP contribution in [0.1, 0.15) is 11.1 Å². The van der Waals surface area contributed by atoms with E-state index in [0.717, 1.165) is 66.8 Å². The van der Waals surface area contributed by atoms with E-state index < -0.39 is 0 Å². The predicted molar refractivity (Wildman–Crippen MR) is 204 cm³/mol. The van der Waals surface area contributed by atoms with E-state index in [9.17, 15) is 0 Å². The van der Waals surface area contributed by atoms with Crippen LogP contribution < -0.4 is 0 Å². The first kappa shape index (κ1) is 30.5. The van der Waals surface area contributed by atoms with Crippen LogP contribution in [-0.4, -0.2) is 19.9 Å². The number of ether oxygens (including phenoxy) is 1. The number of hydrogen-bond donors (Lipinski definition) is 0. The topological polar surface area (TPSA) is 60.8 Å². The molecule has 0 unspecified atom stereocenters. The lowest BCUT2D eigenvalue weighted by molar-refractivity contribution is 0.110. The zero-order valence-electron chi connectivity index (χ0n) is 27.8. The second-order valence-electron chi connectivity index (χ2n) is 12.8. The maximum atomic E-state index is 6.29. The molecule has 0 fully saturated rings. The molecular formula is C46H32N4O. The Kier molecular flexibility index (Phi) is 8.01. The summed E-state index contributed by atoms with van der Waals surface area (Å²) in [6.07, 6.45) is 14.9. The summed E-state index contributed by atoms with van der Waals surface area (Å²) in [6.45, 7) is 1.09. The number of pyridine rings is 4. The van der Waals surface area contributed by atoms with Crippen molar-refractivity contribution >= 4 is 0 Å². The van der Waals surface area contributed by atoms with E-state index in [-0.39, 0.29) is 0 Å². The van der Waals surface area contributed by atoms with E-state index in [1.54, 1.807) is 0 Å². The summed E-state index contributed by atoms with van der Waals surface area (Å²) in [5.74, 6) is 0. The molecule has 5 heteroatoms. The molecule has 0 aliphatic carbocycles. The highest BCUT2D eigenvalue weighted by Crippen LogP contribution is 2.40. The van der Waals surface area contributed by atoms with Gasteiger partial charge in [-0.05, 0) is 140 Å². The quantitative estimate of drug-likeness (QED) is 0.178. The Balaban J connectivity index is 1.14. The van der Waals surface area contributed by atoms with Gasteiger partial charge in [0.2, 0.25) is 0 Å². The monoisotopic (exact) mass is 656 g/mol. The van der Waals surface area contributed by atoms with Crippen LogP contribution in [0.4, 0.5) is 0 Å². The first-order valence-corrected chi connectivity index (χ1v) is 17.0. The van der Waals surface area contributed by atoms with Gasteiger partial charge in [0, 0.05) is 71.8 Å². The molecule has 0 radical (unpaired) electrons. The molecular weight excluding hydrogens is 625 g/mol. The van der Waals surface area contributed by atoms with Gasteiger partial charge in [-0.2, -0.15) is 0 Å². The highest BCUT2D eigenvalue weighted by molar-refractivity contribution is 5.86. The third-order valence-corrected chi connectivity index (χ3v) is 9.53. The van der Waals surface area contributed by atoms with E-state index in [0.29, 0.717) is 13.2 Å². The van der Waals surface area contributed by atoms with Gasteiger partial charge in [-0.1, -0.05) is 48.5 Å². The predicted octanol–water partition coefficient (Wildman–Crippen LogP) is 11.0. The molecule has 0 atom stereocenters. The zero-order valence-corrected chi connectivity index (χ0v) is 27.8. The number of rotatable bonds is 6. The van der Waals surface area contributed by atoms with Crippen molar-refractivity contribution in [3.05, 3.63) is 182 Å². The van der Waals surface area contributed by atoms with Crippen LogP contribution in [0, 0.1) is 0 Å². The van der Waals surface area contributed by atoms with E-state index in [2.05, 4.69) is 117 Å². The van der Waals surface area contributed by atoms with Crippen molar-refractivity contribution in [1.29, 1.82) is 0 Å². The Morgan fingerprint density at radius 3 is 1.14 bits per heavy atom. The molecule has 0 spiro atoms. The van der Waals surface area contributed by atoms with Crippen LogP contribution >= 0.6 is 0 Å². The molecule has 4 aromatic carbocycles. The molecule has 8 aromatic rings. The van der Waals surface area contributed by atoms with Gasteiger partial charge in [-0.15, -0.1) is 0 Å². The molecule has 242 valence electrons. The summed E-state index contributed by atoms with van der Waals surface area (Å²) in [4.78, 5) is 17.6. The molecule has 9 rings (SSSR count). The summed E-state index contributed by atoms with van der Waals surface area (Å²) < 4.78 is 6.29. The van der Waals surface area contributed by atoms with E-state index in [4.69, 9.17) is 4.74 Å². The molecule has 5 nitrogen and oxygen atoms in total. The zero-order chi connectivity index (χ0) is 34.0. The number of benzene rings is 4. The van der Waals surface area contributed by atoms with Crippen molar-refractivity contribution in [1.82, 2.24) is 19.9 Å². The summed E-state index contributed by atoms with van der Waals surface area (Å²) in [5.41, 5.74) is 18.0. The van der Waals surface area contributed by atoms with Gasteiger partial charge in [0.1, 0.15) is 0 Å². The molecule has 51 heavy (non-hydrogen) atoms. The summed E-state index contributed by atoms with van der Waals surface area (Å²) in [5, 5.41) is 0. The van der Waals surface area contributed by atoms with E-state index in [1.807, 2.05) is 73.8 Å². The molecule has 0 saturated carbocycles. The van der Waals surface area contributed by atoms with Gasteiger partial charge in [-0.25, -0.2) is 0 Å². The number of fused-ring (bicyclic) bond motifs is 3. The maximum Gasteiger partial charge on any atom is 0.0727 e.